The number of carbonyl (C=O) groups excluding carboxylic acids is 1. The van der Waals surface area contributed by atoms with Crippen molar-refractivity contribution in [1.29, 1.82) is 10.8 Å². The van der Waals surface area contributed by atoms with E-state index in [0.29, 0.717) is 23.8 Å². The third-order valence-corrected chi connectivity index (χ3v) is 4.85. The van der Waals surface area contributed by atoms with Crippen LogP contribution in [0.1, 0.15) is 44.4 Å². The van der Waals surface area contributed by atoms with Crippen LogP contribution in [0.2, 0.25) is 0 Å². The molecule has 7 nitrogen and oxygen atoms in total. The van der Waals surface area contributed by atoms with Gasteiger partial charge in [0, 0.05) is 11.4 Å². The Morgan fingerprint density at radius 1 is 0.871 bits per heavy atom. The molecule has 0 spiro atoms. The molecule has 31 heavy (non-hydrogen) atoms. The Balaban J connectivity index is 2.09. The highest BCUT2D eigenvalue weighted by atomic mass is 16.6. The van der Waals surface area contributed by atoms with Crippen LogP contribution in [0.5, 0.6) is 5.75 Å². The van der Waals surface area contributed by atoms with Crippen molar-refractivity contribution >= 4 is 17.3 Å². The van der Waals surface area contributed by atoms with Gasteiger partial charge in [-0.25, -0.2) is 0 Å². The van der Waals surface area contributed by atoms with Crippen LogP contribution in [0, 0.1) is 10.8 Å². The van der Waals surface area contributed by atoms with Gasteiger partial charge in [0.2, 0.25) is 5.91 Å². The van der Waals surface area contributed by atoms with E-state index in [1.54, 1.807) is 13.8 Å². The van der Waals surface area contributed by atoms with Crippen molar-refractivity contribution in [2.45, 2.75) is 52.6 Å². The second-order valence-electron chi connectivity index (χ2n) is 7.55. The van der Waals surface area contributed by atoms with Gasteiger partial charge in [0.15, 0.2) is 0 Å². The van der Waals surface area contributed by atoms with Gasteiger partial charge < -0.3 is 30.8 Å². The fourth-order valence-corrected chi connectivity index (χ4v) is 3.07. The normalized spacial score (nSPS) is 13.8. The van der Waals surface area contributed by atoms with Gasteiger partial charge in [-0.3, -0.25) is 4.79 Å². The number of carbonyl (C=O) groups is 1. The Morgan fingerprint density at radius 3 is 1.87 bits per heavy atom. The predicted molar refractivity (Wildman–Crippen MR) is 121 cm³/mol. The van der Waals surface area contributed by atoms with Gasteiger partial charge in [-0.2, -0.15) is 0 Å². The number of rotatable bonds is 12. The zero-order chi connectivity index (χ0) is 23.0. The lowest BCUT2D eigenvalue weighted by atomic mass is 10.1. The Morgan fingerprint density at radius 2 is 1.39 bits per heavy atom. The number of hydrogen-bond donors (Lipinski definition) is 3. The van der Waals surface area contributed by atoms with Crippen LogP contribution in [0.3, 0.4) is 0 Å². The van der Waals surface area contributed by atoms with Crippen LogP contribution in [0.15, 0.2) is 48.5 Å². The van der Waals surface area contributed by atoms with Gasteiger partial charge >= 0.3 is 0 Å². The molecule has 0 saturated heterocycles. The third kappa shape index (κ3) is 7.62. The molecule has 0 bridgehead atoms. The maximum atomic E-state index is 11.1. The molecule has 0 fully saturated rings. The summed E-state index contributed by atoms with van der Waals surface area (Å²) in [6.07, 6.45) is -1.28. The minimum absolute atomic E-state index is 0.200. The second kappa shape index (κ2) is 11.4. The molecule has 0 aliphatic carbocycles. The summed E-state index contributed by atoms with van der Waals surface area (Å²) in [6, 6.07) is 14.9. The highest BCUT2D eigenvalue weighted by molar-refractivity contribution is 5.96. The van der Waals surface area contributed by atoms with E-state index in [-0.39, 0.29) is 12.7 Å². The van der Waals surface area contributed by atoms with Crippen LogP contribution in [0.4, 0.5) is 0 Å². The molecule has 0 aliphatic heterocycles. The van der Waals surface area contributed by atoms with Gasteiger partial charge in [-0.15, -0.1) is 0 Å². The molecule has 4 N–H and O–H groups in total. The van der Waals surface area contributed by atoms with Crippen LogP contribution in [-0.2, 0) is 20.9 Å². The number of amides is 1. The standard InChI is InChI=1S/C24H31N3O4/c1-15(25)20-7-5-19(6-8-20)13-30-24(17(3)29-14-23(27)28)18(4)31-22-11-9-21(10-12-22)16(2)26/h5-12,17-18,24-26H,13-14H2,1-4H3,(H2,27,28). The van der Waals surface area contributed by atoms with E-state index in [2.05, 4.69) is 0 Å². The summed E-state index contributed by atoms with van der Waals surface area (Å²) in [5.41, 5.74) is 8.84. The quantitative estimate of drug-likeness (QED) is 0.449. The predicted octanol–water partition coefficient (Wildman–Crippen LogP) is 3.71. The van der Waals surface area contributed by atoms with Gasteiger partial charge in [0.1, 0.15) is 24.6 Å². The van der Waals surface area contributed by atoms with E-state index in [4.69, 9.17) is 30.8 Å². The van der Waals surface area contributed by atoms with Crippen molar-refractivity contribution in [2.75, 3.05) is 6.61 Å². The molecule has 2 aromatic carbocycles. The lowest BCUT2D eigenvalue weighted by Crippen LogP contribution is -2.42. The summed E-state index contributed by atoms with van der Waals surface area (Å²) in [5, 5.41) is 15.4. The average molecular weight is 426 g/mol. The van der Waals surface area contributed by atoms with E-state index in [1.807, 2.05) is 62.4 Å². The smallest absolute Gasteiger partial charge is 0.243 e. The third-order valence-electron chi connectivity index (χ3n) is 4.85. The summed E-state index contributed by atoms with van der Waals surface area (Å²) >= 11 is 0. The number of nitrogens with two attached hydrogens (primary N) is 1. The largest absolute Gasteiger partial charge is 0.488 e. The summed E-state index contributed by atoms with van der Waals surface area (Å²) in [5.74, 6) is 0.105. The SMILES string of the molecule is CC(=N)c1ccc(COC(C(C)OCC(N)=O)C(C)Oc2ccc(C(C)=N)cc2)cc1. The number of primary amides is 1. The minimum atomic E-state index is -0.547. The highest BCUT2D eigenvalue weighted by Gasteiger charge is 2.27. The van der Waals surface area contributed by atoms with Gasteiger partial charge in [-0.1, -0.05) is 24.3 Å². The molecule has 0 heterocycles. The molecule has 3 atom stereocenters. The van der Waals surface area contributed by atoms with Crippen molar-refractivity contribution in [2.24, 2.45) is 5.73 Å². The average Bonchev–Trinajstić information content (AvgIpc) is 2.73. The molecule has 3 unspecified atom stereocenters. The number of hydrogen-bond acceptors (Lipinski definition) is 6. The molecule has 0 aliphatic rings. The molecule has 2 rings (SSSR count). The zero-order valence-electron chi connectivity index (χ0n) is 18.5. The fraction of sp³-hybridized carbons (Fsp3) is 0.375. The molecule has 0 aromatic heterocycles. The Bertz CT molecular complexity index is 894. The minimum Gasteiger partial charge on any atom is -0.488 e. The van der Waals surface area contributed by atoms with E-state index in [0.717, 1.165) is 16.7 Å². The molecular weight excluding hydrogens is 394 g/mol. The summed E-state index contributed by atoms with van der Waals surface area (Å²) in [4.78, 5) is 11.1. The molecule has 1 amide bonds. The van der Waals surface area contributed by atoms with E-state index < -0.39 is 18.1 Å². The first kappa shape index (κ1) is 24.2. The molecule has 0 saturated carbocycles. The molecule has 0 radical (unpaired) electrons. The maximum absolute atomic E-state index is 11.1. The first-order valence-corrected chi connectivity index (χ1v) is 10.2. The second-order valence-corrected chi connectivity index (χ2v) is 7.55. The van der Waals surface area contributed by atoms with Crippen LogP contribution >= 0.6 is 0 Å². The summed E-state index contributed by atoms with van der Waals surface area (Å²) < 4.78 is 17.8. The van der Waals surface area contributed by atoms with Gasteiger partial charge in [-0.05, 0) is 68.7 Å². The lowest BCUT2D eigenvalue weighted by Gasteiger charge is -2.30. The lowest BCUT2D eigenvalue weighted by molar-refractivity contribution is -0.135. The molecular formula is C24H31N3O4. The van der Waals surface area contributed by atoms with Gasteiger partial charge in [0.25, 0.3) is 0 Å². The Kier molecular flexibility index (Phi) is 8.90. The summed E-state index contributed by atoms with van der Waals surface area (Å²) in [7, 11) is 0. The number of benzene rings is 2. The van der Waals surface area contributed by atoms with Crippen molar-refractivity contribution in [3.8, 4) is 5.75 Å². The van der Waals surface area contributed by atoms with Crippen LogP contribution in [-0.4, -0.2) is 42.2 Å². The van der Waals surface area contributed by atoms with E-state index in [9.17, 15) is 4.79 Å². The molecule has 2 aromatic rings. The highest BCUT2D eigenvalue weighted by Crippen LogP contribution is 2.20. The van der Waals surface area contributed by atoms with E-state index >= 15 is 0 Å². The first-order valence-electron chi connectivity index (χ1n) is 10.2. The van der Waals surface area contributed by atoms with Crippen molar-refractivity contribution < 1.29 is 19.0 Å². The van der Waals surface area contributed by atoms with E-state index in [1.165, 1.54) is 0 Å². The van der Waals surface area contributed by atoms with Crippen molar-refractivity contribution in [3.63, 3.8) is 0 Å². The fourth-order valence-electron chi connectivity index (χ4n) is 3.07. The van der Waals surface area contributed by atoms with Gasteiger partial charge in [0.05, 0.1) is 12.7 Å². The van der Waals surface area contributed by atoms with Crippen LogP contribution < -0.4 is 10.5 Å². The topological polar surface area (TPSA) is 118 Å². The van der Waals surface area contributed by atoms with Crippen molar-refractivity contribution in [1.82, 2.24) is 0 Å². The zero-order valence-corrected chi connectivity index (χ0v) is 18.5. The maximum Gasteiger partial charge on any atom is 0.243 e. The molecule has 166 valence electrons. The van der Waals surface area contributed by atoms with Crippen LogP contribution in [0.25, 0.3) is 0 Å². The Hall–Kier alpha value is -3.03. The van der Waals surface area contributed by atoms with Crippen molar-refractivity contribution in [3.05, 3.63) is 65.2 Å². The number of nitrogens with one attached hydrogen (secondary N) is 2. The molecule has 7 heteroatoms. The first-order chi connectivity index (χ1) is 14.7. The number of ether oxygens (including phenoxy) is 3. The monoisotopic (exact) mass is 425 g/mol. The Labute approximate surface area is 183 Å². The summed E-state index contributed by atoms with van der Waals surface area (Å²) in [6.45, 7) is 7.30.